The summed E-state index contributed by atoms with van der Waals surface area (Å²) in [6.45, 7) is 4.97. The number of para-hydroxylation sites is 1. The number of rotatable bonds is 10. The number of aryl methyl sites for hydroxylation is 1. The highest BCUT2D eigenvalue weighted by atomic mass is 79.9. The maximum atomic E-state index is 13.1. The van der Waals surface area contributed by atoms with Crippen LogP contribution in [0.2, 0.25) is 0 Å². The lowest BCUT2D eigenvalue weighted by Crippen LogP contribution is -2.38. The molecule has 2 aromatic carbocycles. The number of furan rings is 1. The Morgan fingerprint density at radius 2 is 1.88 bits per heavy atom. The largest absolute Gasteiger partial charge is 0.481 e. The van der Waals surface area contributed by atoms with E-state index in [0.29, 0.717) is 42.5 Å². The van der Waals surface area contributed by atoms with Crippen molar-refractivity contribution in [1.82, 2.24) is 14.9 Å². The molecule has 0 aliphatic rings. The zero-order valence-electron chi connectivity index (χ0n) is 23.4. The lowest BCUT2D eigenvalue weighted by atomic mass is 9.71. The van der Waals surface area contributed by atoms with Crippen LogP contribution in [0.15, 0.2) is 75.8 Å². The van der Waals surface area contributed by atoms with E-state index in [-0.39, 0.29) is 0 Å². The van der Waals surface area contributed by atoms with Gasteiger partial charge in [0.25, 0.3) is 0 Å². The summed E-state index contributed by atoms with van der Waals surface area (Å²) >= 11 is 3.60. The summed E-state index contributed by atoms with van der Waals surface area (Å²) in [4.78, 5) is 11.5. The molecule has 3 aromatic heterocycles. The maximum absolute atomic E-state index is 13.1. The number of hydrogen-bond acceptors (Lipinski definition) is 7. The van der Waals surface area contributed by atoms with E-state index in [1.54, 1.807) is 13.4 Å². The Hall–Kier alpha value is -3.46. The molecule has 5 aromatic rings. The highest BCUT2D eigenvalue weighted by Crippen LogP contribution is 2.49. The summed E-state index contributed by atoms with van der Waals surface area (Å²) in [5.74, 6) is 0.348. The van der Waals surface area contributed by atoms with Gasteiger partial charge in [-0.3, -0.25) is 0 Å². The van der Waals surface area contributed by atoms with E-state index in [0.717, 1.165) is 37.6 Å². The van der Waals surface area contributed by atoms with Crippen molar-refractivity contribution in [3.63, 3.8) is 0 Å². The van der Waals surface area contributed by atoms with Crippen LogP contribution >= 0.6 is 15.9 Å². The highest BCUT2D eigenvalue weighted by molar-refractivity contribution is 9.10. The van der Waals surface area contributed by atoms with Gasteiger partial charge in [-0.15, -0.1) is 0 Å². The van der Waals surface area contributed by atoms with Gasteiger partial charge in [0.05, 0.1) is 25.5 Å². The molecule has 2 unspecified atom stereocenters. The third kappa shape index (κ3) is 5.44. The number of fused-ring (bicyclic) bond motifs is 2. The number of benzene rings is 2. The van der Waals surface area contributed by atoms with Crippen LogP contribution in [0.5, 0.6) is 11.8 Å². The van der Waals surface area contributed by atoms with Crippen LogP contribution < -0.4 is 9.47 Å². The van der Waals surface area contributed by atoms with Crippen molar-refractivity contribution >= 4 is 37.8 Å². The molecule has 0 fully saturated rings. The Balaban J connectivity index is 1.86. The first kappa shape index (κ1) is 28.1. The first-order valence-electron chi connectivity index (χ1n) is 13.3. The SMILES string of the molecule is CCOc1cc(C(c2cc3cc(Br)ccc3nc2OC)C(O)(CCN(C)C)c2cccc3ccoc23)cc(C)n1. The molecule has 0 spiro atoms. The van der Waals surface area contributed by atoms with E-state index in [4.69, 9.17) is 18.9 Å². The number of pyridine rings is 2. The number of aliphatic hydroxyl groups is 1. The minimum atomic E-state index is -1.42. The van der Waals surface area contributed by atoms with Gasteiger partial charge in [-0.2, -0.15) is 0 Å². The van der Waals surface area contributed by atoms with Gasteiger partial charge in [-0.05, 0) is 76.3 Å². The molecule has 0 saturated carbocycles. The quantitative estimate of drug-likeness (QED) is 0.187. The normalized spacial score (nSPS) is 14.0. The van der Waals surface area contributed by atoms with Gasteiger partial charge in [-0.1, -0.05) is 34.1 Å². The molecule has 0 saturated heterocycles. The lowest BCUT2D eigenvalue weighted by molar-refractivity contribution is 0.00433. The minimum Gasteiger partial charge on any atom is -0.481 e. The first-order chi connectivity index (χ1) is 19.2. The Labute approximate surface area is 242 Å². The van der Waals surface area contributed by atoms with Gasteiger partial charge in [0.1, 0.15) is 11.2 Å². The maximum Gasteiger partial charge on any atom is 0.217 e. The Bertz CT molecular complexity index is 1650. The first-order valence-corrected chi connectivity index (χ1v) is 14.1. The van der Waals surface area contributed by atoms with Crippen molar-refractivity contribution in [2.75, 3.05) is 34.4 Å². The molecule has 208 valence electrons. The second-order valence-corrected chi connectivity index (χ2v) is 11.2. The van der Waals surface area contributed by atoms with Crippen molar-refractivity contribution in [1.29, 1.82) is 0 Å². The second-order valence-electron chi connectivity index (χ2n) is 10.3. The number of aromatic nitrogens is 2. The Morgan fingerprint density at radius 1 is 1.05 bits per heavy atom. The number of ether oxygens (including phenoxy) is 2. The van der Waals surface area contributed by atoms with E-state index in [2.05, 4.69) is 31.9 Å². The minimum absolute atomic E-state index is 0.412. The molecule has 8 heteroatoms. The van der Waals surface area contributed by atoms with Gasteiger partial charge < -0.3 is 23.9 Å². The summed E-state index contributed by atoms with van der Waals surface area (Å²) in [7, 11) is 5.62. The average Bonchev–Trinajstić information content (AvgIpc) is 3.41. The number of methoxy groups -OCH3 is 1. The molecule has 0 aliphatic heterocycles. The van der Waals surface area contributed by atoms with Crippen LogP contribution in [0.25, 0.3) is 21.9 Å². The summed E-state index contributed by atoms with van der Waals surface area (Å²) in [6, 6.07) is 19.7. The standard InChI is InChI=1S/C32H34BrN3O4/c1-6-39-28-19-23(16-20(2)34-28)29(25-18-22-17-24(33)10-11-27(22)35-31(25)38-5)32(37,13-14-36(3)4)26-9-7-8-21-12-15-40-30(21)26/h7-12,15-19,29,37H,6,13-14H2,1-5H3. The van der Waals surface area contributed by atoms with Crippen LogP contribution in [-0.4, -0.2) is 54.3 Å². The Morgan fingerprint density at radius 3 is 2.62 bits per heavy atom. The molecule has 0 bridgehead atoms. The van der Waals surface area contributed by atoms with E-state index >= 15 is 0 Å². The molecule has 0 radical (unpaired) electrons. The number of hydrogen-bond donors (Lipinski definition) is 1. The fourth-order valence-corrected chi connectivity index (χ4v) is 5.82. The number of nitrogens with zero attached hydrogens (tertiary/aromatic N) is 3. The lowest BCUT2D eigenvalue weighted by Gasteiger charge is -2.39. The fraction of sp³-hybridized carbons (Fsp3) is 0.312. The van der Waals surface area contributed by atoms with Crippen LogP contribution in [0.4, 0.5) is 0 Å². The molecule has 0 aliphatic carbocycles. The van der Waals surface area contributed by atoms with Crippen LogP contribution in [0.3, 0.4) is 0 Å². The molecule has 3 heterocycles. The van der Waals surface area contributed by atoms with Gasteiger partial charge in [0.15, 0.2) is 0 Å². The third-order valence-corrected chi connectivity index (χ3v) is 7.71. The second kappa shape index (κ2) is 11.6. The molecule has 7 nitrogen and oxygen atoms in total. The zero-order chi connectivity index (χ0) is 28.4. The van der Waals surface area contributed by atoms with Crippen LogP contribution in [-0.2, 0) is 5.60 Å². The molecule has 2 atom stereocenters. The molecular weight excluding hydrogens is 570 g/mol. The summed E-state index contributed by atoms with van der Waals surface area (Å²) in [5, 5.41) is 15.0. The van der Waals surface area contributed by atoms with Crippen LogP contribution in [0, 0.1) is 6.92 Å². The summed E-state index contributed by atoms with van der Waals surface area (Å²) in [5.41, 5.74) is 3.11. The smallest absolute Gasteiger partial charge is 0.217 e. The van der Waals surface area contributed by atoms with Gasteiger partial charge in [0.2, 0.25) is 11.8 Å². The fourth-order valence-electron chi connectivity index (χ4n) is 5.44. The van der Waals surface area contributed by atoms with Crippen molar-refractivity contribution in [2.45, 2.75) is 31.8 Å². The number of halogens is 1. The molecular formula is C32H34BrN3O4. The van der Waals surface area contributed by atoms with E-state index in [1.165, 1.54) is 0 Å². The molecule has 40 heavy (non-hydrogen) atoms. The summed E-state index contributed by atoms with van der Waals surface area (Å²) in [6.07, 6.45) is 2.07. The topological polar surface area (TPSA) is 80.9 Å². The van der Waals surface area contributed by atoms with Crippen molar-refractivity contribution < 1.29 is 19.0 Å². The van der Waals surface area contributed by atoms with E-state index in [9.17, 15) is 5.11 Å². The average molecular weight is 605 g/mol. The van der Waals surface area contributed by atoms with Crippen molar-refractivity contribution in [3.8, 4) is 11.8 Å². The molecule has 1 N–H and O–H groups in total. The van der Waals surface area contributed by atoms with Crippen molar-refractivity contribution in [3.05, 3.63) is 93.8 Å². The third-order valence-electron chi connectivity index (χ3n) is 7.21. The van der Waals surface area contributed by atoms with E-state index in [1.807, 2.05) is 82.5 Å². The predicted molar refractivity (Wildman–Crippen MR) is 161 cm³/mol. The molecule has 0 amide bonds. The Kier molecular flexibility index (Phi) is 8.12. The van der Waals surface area contributed by atoms with Gasteiger partial charge in [0, 0.05) is 50.6 Å². The van der Waals surface area contributed by atoms with Gasteiger partial charge >= 0.3 is 0 Å². The predicted octanol–water partition coefficient (Wildman–Crippen LogP) is 6.83. The van der Waals surface area contributed by atoms with Gasteiger partial charge in [-0.25, -0.2) is 9.97 Å². The van der Waals surface area contributed by atoms with Crippen molar-refractivity contribution in [2.24, 2.45) is 0 Å². The molecule has 5 rings (SSSR count). The van der Waals surface area contributed by atoms with E-state index < -0.39 is 11.5 Å². The zero-order valence-corrected chi connectivity index (χ0v) is 25.0. The summed E-state index contributed by atoms with van der Waals surface area (Å²) < 4.78 is 18.7. The monoisotopic (exact) mass is 603 g/mol. The van der Waals surface area contributed by atoms with Crippen LogP contribution in [0.1, 0.15) is 41.6 Å². The highest BCUT2D eigenvalue weighted by Gasteiger charge is 2.44.